The maximum atomic E-state index is 15.0. The number of amides is 4. The Kier molecular flexibility index (Phi) is 15.3. The minimum atomic E-state index is -3.65. The number of anilines is 1. The number of thiazole rings is 1. The average molecular weight is 983 g/mol. The van der Waals surface area contributed by atoms with Gasteiger partial charge in [0.05, 0.1) is 29.6 Å². The largest absolute Gasteiger partial charge is 0.496 e. The number of allylic oxidation sites excluding steroid dienone is 2. The Balaban J connectivity index is 0.977. The van der Waals surface area contributed by atoms with E-state index in [0.29, 0.717) is 79.2 Å². The SMILES string of the molecule is CNC(=O)C1CC(Oc2cc(-c3nc(C(C)C)cs3)nc3c(C)c(OC)ccc23)CN1C(=O)C(CCCCCC=CC1CC1C(=O)NS(=O)(=O)C1(C)CC1)Nc1cccc(C(=O)N2CCNCC2)c1. The Morgan fingerprint density at radius 3 is 2.49 bits per heavy atom. The number of likely N-dealkylation sites (tertiary alicyclic amines) is 1. The molecule has 18 heteroatoms. The predicted octanol–water partition coefficient (Wildman–Crippen LogP) is 6.56. The number of fused-ring (bicyclic) bond motifs is 1. The molecule has 4 N–H and O–H groups in total. The summed E-state index contributed by atoms with van der Waals surface area (Å²) in [4.78, 5) is 68.2. The number of ether oxygens (including phenoxy) is 2. The molecule has 2 saturated heterocycles. The Morgan fingerprint density at radius 1 is 1.00 bits per heavy atom. The first kappa shape index (κ1) is 49.8. The average Bonchev–Trinajstić information content (AvgIpc) is 4.19. The molecular weight excluding hydrogens is 917 g/mol. The Morgan fingerprint density at radius 2 is 1.78 bits per heavy atom. The zero-order chi connectivity index (χ0) is 49.0. The number of sulfonamides is 1. The van der Waals surface area contributed by atoms with Crippen LogP contribution in [0, 0.1) is 18.8 Å². The second-order valence-electron chi connectivity index (χ2n) is 19.4. The van der Waals surface area contributed by atoms with Gasteiger partial charge >= 0.3 is 0 Å². The van der Waals surface area contributed by atoms with Crippen molar-refractivity contribution in [2.75, 3.05) is 52.2 Å². The van der Waals surface area contributed by atoms with E-state index in [9.17, 15) is 27.6 Å². The summed E-state index contributed by atoms with van der Waals surface area (Å²) >= 11 is 1.52. The van der Waals surface area contributed by atoms with Crippen molar-refractivity contribution in [3.05, 3.63) is 76.8 Å². The number of unbranched alkanes of at least 4 members (excludes halogenated alkanes) is 3. The number of nitrogens with zero attached hydrogens (tertiary/aromatic N) is 4. The van der Waals surface area contributed by atoms with E-state index < -0.39 is 38.9 Å². The molecule has 4 aliphatic rings. The summed E-state index contributed by atoms with van der Waals surface area (Å²) < 4.78 is 39.1. The van der Waals surface area contributed by atoms with E-state index >= 15 is 0 Å². The van der Waals surface area contributed by atoms with E-state index in [1.54, 1.807) is 38.1 Å². The summed E-state index contributed by atoms with van der Waals surface area (Å²) in [6.45, 7) is 10.7. The fraction of sp³-hybridized carbons (Fsp3) is 0.529. The number of carbonyl (C=O) groups excluding carboxylic acids is 4. The van der Waals surface area contributed by atoms with Crippen LogP contribution in [0.2, 0.25) is 0 Å². The lowest BCUT2D eigenvalue weighted by Crippen LogP contribution is -2.50. The summed E-state index contributed by atoms with van der Waals surface area (Å²) in [5, 5.41) is 13.1. The lowest BCUT2D eigenvalue weighted by molar-refractivity contribution is -0.139. The zero-order valence-electron chi connectivity index (χ0n) is 40.5. The molecule has 2 aromatic carbocycles. The van der Waals surface area contributed by atoms with Crippen molar-refractivity contribution in [3.8, 4) is 22.2 Å². The van der Waals surface area contributed by atoms with Crippen LogP contribution >= 0.6 is 11.3 Å². The molecule has 8 rings (SSSR count). The van der Waals surface area contributed by atoms with Gasteiger partial charge in [-0.2, -0.15) is 0 Å². The quantitative estimate of drug-likeness (QED) is 0.0550. The monoisotopic (exact) mass is 982 g/mol. The molecular formula is C51H66N8O8S2. The number of aromatic nitrogens is 2. The highest BCUT2D eigenvalue weighted by molar-refractivity contribution is 7.91. The number of piperazine rings is 1. The van der Waals surface area contributed by atoms with Gasteiger partial charge in [0.2, 0.25) is 27.7 Å². The highest BCUT2D eigenvalue weighted by Gasteiger charge is 2.52. The zero-order valence-corrected chi connectivity index (χ0v) is 42.1. The molecule has 2 aliphatic carbocycles. The molecule has 0 bridgehead atoms. The van der Waals surface area contributed by atoms with Gasteiger partial charge in [-0.15, -0.1) is 11.3 Å². The van der Waals surface area contributed by atoms with Gasteiger partial charge < -0.3 is 35.2 Å². The summed E-state index contributed by atoms with van der Waals surface area (Å²) in [7, 11) is -0.458. The van der Waals surface area contributed by atoms with Crippen LogP contribution in [0.3, 0.4) is 0 Å². The van der Waals surface area contributed by atoms with Crippen LogP contribution < -0.4 is 30.1 Å². The van der Waals surface area contributed by atoms with Gasteiger partial charge in [-0.1, -0.05) is 44.9 Å². The number of carbonyl (C=O) groups is 4. The predicted molar refractivity (Wildman–Crippen MR) is 268 cm³/mol. The van der Waals surface area contributed by atoms with Crippen molar-refractivity contribution in [2.24, 2.45) is 11.8 Å². The van der Waals surface area contributed by atoms with E-state index in [4.69, 9.17) is 19.4 Å². The van der Waals surface area contributed by atoms with Gasteiger partial charge in [0.25, 0.3) is 5.91 Å². The number of aryl methyl sites for hydroxylation is 1. The molecule has 370 valence electrons. The maximum Gasteiger partial charge on any atom is 0.254 e. The molecule has 5 atom stereocenters. The molecule has 0 spiro atoms. The number of pyridine rings is 1. The van der Waals surface area contributed by atoms with Crippen LogP contribution in [0.25, 0.3) is 21.6 Å². The molecule has 4 aromatic rings. The number of rotatable bonds is 20. The molecule has 4 heterocycles. The van der Waals surface area contributed by atoms with Crippen molar-refractivity contribution in [1.29, 1.82) is 0 Å². The van der Waals surface area contributed by atoms with Crippen LogP contribution in [-0.4, -0.2) is 122 Å². The number of benzene rings is 2. The van der Waals surface area contributed by atoms with Crippen molar-refractivity contribution < 1.29 is 37.1 Å². The Bertz CT molecular complexity index is 2700. The third-order valence-corrected chi connectivity index (χ3v) is 17.1. The van der Waals surface area contributed by atoms with Gasteiger partial charge in [-0.25, -0.2) is 18.4 Å². The van der Waals surface area contributed by atoms with Crippen molar-refractivity contribution in [2.45, 2.75) is 114 Å². The van der Waals surface area contributed by atoms with Crippen LogP contribution in [-0.2, 0) is 24.4 Å². The number of nitrogens with one attached hydrogen (secondary N) is 4. The first-order chi connectivity index (χ1) is 33.1. The highest BCUT2D eigenvalue weighted by Crippen LogP contribution is 2.44. The third kappa shape index (κ3) is 11.4. The molecule has 5 unspecified atom stereocenters. The fourth-order valence-corrected chi connectivity index (χ4v) is 11.5. The van der Waals surface area contributed by atoms with Gasteiger partial charge in [-0.3, -0.25) is 23.9 Å². The molecule has 4 amide bonds. The topological polar surface area (TPSA) is 201 Å². The van der Waals surface area contributed by atoms with Crippen molar-refractivity contribution in [3.63, 3.8) is 0 Å². The summed E-state index contributed by atoms with van der Waals surface area (Å²) in [5.74, 6) is 0.192. The minimum Gasteiger partial charge on any atom is -0.496 e. The van der Waals surface area contributed by atoms with E-state index in [-0.39, 0.29) is 48.4 Å². The molecule has 69 heavy (non-hydrogen) atoms. The van der Waals surface area contributed by atoms with Crippen LogP contribution in [0.5, 0.6) is 11.5 Å². The molecule has 4 fully saturated rings. The second-order valence-corrected chi connectivity index (χ2v) is 22.5. The van der Waals surface area contributed by atoms with Gasteiger partial charge in [-0.05, 0) is 94.5 Å². The van der Waals surface area contributed by atoms with Gasteiger partial charge in [0, 0.05) is 79.2 Å². The number of methoxy groups -OCH3 is 1. The smallest absolute Gasteiger partial charge is 0.254 e. The third-order valence-electron chi connectivity index (χ3n) is 14.0. The van der Waals surface area contributed by atoms with Gasteiger partial charge in [0.1, 0.15) is 40.4 Å². The first-order valence-electron chi connectivity index (χ1n) is 24.3. The van der Waals surface area contributed by atoms with E-state index in [1.165, 1.54) is 11.3 Å². The minimum absolute atomic E-state index is 0.0251. The molecule has 2 aromatic heterocycles. The Hall–Kier alpha value is -5.59. The number of hydrogen-bond donors (Lipinski definition) is 4. The normalized spacial score (nSPS) is 21.3. The summed E-state index contributed by atoms with van der Waals surface area (Å²) in [6, 6.07) is 11.4. The fourth-order valence-electron chi connectivity index (χ4n) is 9.21. The number of hydrogen-bond acceptors (Lipinski definition) is 13. The molecule has 0 radical (unpaired) electrons. The first-order valence-corrected chi connectivity index (χ1v) is 26.7. The maximum absolute atomic E-state index is 15.0. The van der Waals surface area contributed by atoms with E-state index in [1.807, 2.05) is 53.6 Å². The van der Waals surface area contributed by atoms with E-state index in [2.05, 4.69) is 40.6 Å². The standard InChI is InChI=1S/C51H66N8O8S2/c1-31(2)41-30-68-48(56-41)40-28-44(37-17-18-43(66-6)32(3)45(37)55-40)67-36-27-42(47(61)52-5)59(29-36)50(63)39(54-35-15-12-14-34(25-35)49(62)58-23-21-53-22-24-58)16-11-9-7-8-10-13-33-26-38(33)46(60)57-69(64,65)51(4)19-20-51/h10,12-15,17-18,25,28,30-31,33,36,38-39,42,53-54H,7-9,11,16,19-24,26-27,29H2,1-6H3,(H,52,61)(H,57,60). The van der Waals surface area contributed by atoms with Crippen LogP contribution in [0.15, 0.2) is 60.0 Å². The lowest BCUT2D eigenvalue weighted by Gasteiger charge is -2.29. The van der Waals surface area contributed by atoms with Crippen LogP contribution in [0.4, 0.5) is 5.69 Å². The van der Waals surface area contributed by atoms with Crippen LogP contribution in [0.1, 0.15) is 106 Å². The molecule has 2 aliphatic heterocycles. The highest BCUT2D eigenvalue weighted by atomic mass is 32.2. The van der Waals surface area contributed by atoms with Crippen molar-refractivity contribution in [1.82, 2.24) is 35.1 Å². The molecule has 2 saturated carbocycles. The summed E-state index contributed by atoms with van der Waals surface area (Å²) in [5.41, 5.74) is 4.36. The molecule has 16 nitrogen and oxygen atoms in total. The number of likely N-dealkylation sites (N-methyl/N-ethyl adjacent to an activating group) is 1. The van der Waals surface area contributed by atoms with Crippen molar-refractivity contribution >= 4 is 61.6 Å². The second kappa shape index (κ2) is 21.2. The van der Waals surface area contributed by atoms with Gasteiger partial charge in [0.15, 0.2) is 0 Å². The summed E-state index contributed by atoms with van der Waals surface area (Å²) in [6.07, 6.45) is 9.16. The van der Waals surface area contributed by atoms with E-state index in [0.717, 1.165) is 54.0 Å². The lowest BCUT2D eigenvalue weighted by atomic mass is 10.0. The Labute approximate surface area is 409 Å².